The Morgan fingerprint density at radius 2 is 2.10 bits per heavy atom. The van der Waals surface area contributed by atoms with E-state index in [9.17, 15) is 4.79 Å². The minimum atomic E-state index is 0.0990. The van der Waals surface area contributed by atoms with Gasteiger partial charge >= 0.3 is 0 Å². The number of hydrogen-bond acceptors (Lipinski definition) is 3. The fourth-order valence-electron chi connectivity index (χ4n) is 3.07. The van der Waals surface area contributed by atoms with E-state index in [1.807, 2.05) is 30.1 Å². The molecule has 1 aliphatic rings. The zero-order chi connectivity index (χ0) is 15.4. The summed E-state index contributed by atoms with van der Waals surface area (Å²) in [5.74, 6) is 0.709. The molecule has 0 saturated carbocycles. The number of carbonyl (C=O) groups is 1. The number of hydrogen-bond donors (Lipinski definition) is 1. The molecule has 0 radical (unpaired) electrons. The first kappa shape index (κ1) is 16.0. The molecule has 3 atom stereocenters. The van der Waals surface area contributed by atoms with Crippen molar-refractivity contribution in [1.29, 1.82) is 0 Å². The van der Waals surface area contributed by atoms with Gasteiger partial charge in [-0.3, -0.25) is 9.69 Å². The van der Waals surface area contributed by atoms with Crippen LogP contribution in [0, 0.1) is 5.92 Å². The third kappa shape index (κ3) is 3.83. The molecule has 0 aromatic heterocycles. The maximum Gasteiger partial charge on any atom is 0.237 e. The normalized spacial score (nSPS) is 24.0. The van der Waals surface area contributed by atoms with Crippen molar-refractivity contribution in [3.05, 3.63) is 35.9 Å². The van der Waals surface area contributed by atoms with Crippen molar-refractivity contribution in [2.45, 2.75) is 32.4 Å². The molecule has 116 valence electrons. The number of nitrogens with two attached hydrogens (primary N) is 1. The molecule has 4 heteroatoms. The largest absolute Gasteiger partial charge is 0.338 e. The highest BCUT2D eigenvalue weighted by Gasteiger charge is 2.30. The van der Waals surface area contributed by atoms with E-state index in [1.54, 1.807) is 0 Å². The van der Waals surface area contributed by atoms with Crippen LogP contribution in [-0.2, 0) is 4.79 Å². The maximum absolute atomic E-state index is 12.5. The van der Waals surface area contributed by atoms with Gasteiger partial charge < -0.3 is 10.6 Å². The van der Waals surface area contributed by atoms with Gasteiger partial charge in [-0.2, -0.15) is 0 Å². The van der Waals surface area contributed by atoms with Crippen LogP contribution in [-0.4, -0.2) is 48.4 Å². The molecule has 0 spiro atoms. The first-order valence-electron chi connectivity index (χ1n) is 7.77. The van der Waals surface area contributed by atoms with Crippen LogP contribution in [0.25, 0.3) is 0 Å². The van der Waals surface area contributed by atoms with Crippen LogP contribution < -0.4 is 5.73 Å². The fraction of sp³-hybridized carbons (Fsp3) is 0.588. The van der Waals surface area contributed by atoms with Gasteiger partial charge in [-0.05, 0) is 38.3 Å². The molecule has 2 N–H and O–H groups in total. The highest BCUT2D eigenvalue weighted by Crippen LogP contribution is 2.23. The Balaban J connectivity index is 1.94. The van der Waals surface area contributed by atoms with E-state index in [-0.39, 0.29) is 11.9 Å². The predicted molar refractivity (Wildman–Crippen MR) is 85.8 cm³/mol. The van der Waals surface area contributed by atoms with Gasteiger partial charge in [-0.25, -0.2) is 0 Å². The second kappa shape index (κ2) is 7.05. The minimum absolute atomic E-state index is 0.0990. The summed E-state index contributed by atoms with van der Waals surface area (Å²) in [5.41, 5.74) is 6.92. The Bertz CT molecular complexity index is 462. The highest BCUT2D eigenvalue weighted by molar-refractivity contribution is 5.78. The van der Waals surface area contributed by atoms with Crippen LogP contribution in [0.3, 0.4) is 0 Å². The van der Waals surface area contributed by atoms with Gasteiger partial charge in [-0.1, -0.05) is 30.3 Å². The third-order valence-electron chi connectivity index (χ3n) is 4.72. The van der Waals surface area contributed by atoms with E-state index < -0.39 is 0 Å². The van der Waals surface area contributed by atoms with Crippen molar-refractivity contribution in [3.63, 3.8) is 0 Å². The number of likely N-dealkylation sites (tertiary alicyclic amines) is 1. The molecular weight excluding hydrogens is 262 g/mol. The van der Waals surface area contributed by atoms with Crippen molar-refractivity contribution >= 4 is 5.91 Å². The van der Waals surface area contributed by atoms with Gasteiger partial charge in [-0.15, -0.1) is 0 Å². The van der Waals surface area contributed by atoms with Gasteiger partial charge in [0.25, 0.3) is 0 Å². The minimum Gasteiger partial charge on any atom is -0.338 e. The Labute approximate surface area is 127 Å². The second-order valence-electron chi connectivity index (χ2n) is 6.21. The zero-order valence-corrected chi connectivity index (χ0v) is 13.3. The van der Waals surface area contributed by atoms with Gasteiger partial charge in [0.1, 0.15) is 0 Å². The highest BCUT2D eigenvalue weighted by atomic mass is 16.2. The molecule has 21 heavy (non-hydrogen) atoms. The molecule has 0 aliphatic carbocycles. The van der Waals surface area contributed by atoms with E-state index in [1.165, 1.54) is 5.56 Å². The fourth-order valence-corrected chi connectivity index (χ4v) is 3.07. The van der Waals surface area contributed by atoms with Crippen molar-refractivity contribution in [2.75, 3.05) is 26.7 Å². The molecule has 1 heterocycles. The van der Waals surface area contributed by atoms with Crippen molar-refractivity contribution < 1.29 is 4.79 Å². The first-order valence-corrected chi connectivity index (χ1v) is 7.77. The summed E-state index contributed by atoms with van der Waals surface area (Å²) < 4.78 is 0. The molecule has 4 nitrogen and oxygen atoms in total. The molecule has 1 saturated heterocycles. The number of carbonyl (C=O) groups excluding carboxylic acids is 1. The predicted octanol–water partition coefficient (Wildman–Crippen LogP) is 1.88. The Kier molecular flexibility index (Phi) is 5.37. The lowest BCUT2D eigenvalue weighted by Gasteiger charge is -2.29. The second-order valence-corrected chi connectivity index (χ2v) is 6.21. The molecule has 1 fully saturated rings. The summed E-state index contributed by atoms with van der Waals surface area (Å²) in [6.07, 6.45) is 1.10. The van der Waals surface area contributed by atoms with Crippen LogP contribution in [0.5, 0.6) is 0 Å². The lowest BCUT2D eigenvalue weighted by atomic mass is 10.1. The van der Waals surface area contributed by atoms with Crippen LogP contribution in [0.1, 0.15) is 31.9 Å². The Morgan fingerprint density at radius 3 is 2.67 bits per heavy atom. The smallest absolute Gasteiger partial charge is 0.237 e. The summed E-state index contributed by atoms with van der Waals surface area (Å²) in [6.45, 7) is 6.40. The summed E-state index contributed by atoms with van der Waals surface area (Å²) in [4.78, 5) is 16.6. The average Bonchev–Trinajstić information content (AvgIpc) is 2.86. The van der Waals surface area contributed by atoms with Crippen LogP contribution >= 0.6 is 0 Å². The third-order valence-corrected chi connectivity index (χ3v) is 4.72. The lowest BCUT2D eigenvalue weighted by Crippen LogP contribution is -2.41. The molecule has 1 aromatic carbocycles. The SMILES string of the molecule is CC1CC(CN)CN1CC(=O)N(C)C(C)c1ccccc1. The summed E-state index contributed by atoms with van der Waals surface area (Å²) in [7, 11) is 1.89. The van der Waals surface area contributed by atoms with Gasteiger partial charge in [0, 0.05) is 19.6 Å². The monoisotopic (exact) mass is 289 g/mol. The molecule has 1 amide bonds. The lowest BCUT2D eigenvalue weighted by molar-refractivity contribution is -0.133. The Morgan fingerprint density at radius 1 is 1.43 bits per heavy atom. The average molecular weight is 289 g/mol. The van der Waals surface area contributed by atoms with E-state index in [4.69, 9.17) is 5.73 Å². The standard InChI is InChI=1S/C17H27N3O/c1-13-9-15(10-18)11-20(13)12-17(21)19(3)14(2)16-7-5-4-6-8-16/h4-8,13-15H,9-12,18H2,1-3H3. The summed E-state index contributed by atoms with van der Waals surface area (Å²) in [6, 6.07) is 10.7. The number of likely N-dealkylation sites (N-methyl/N-ethyl adjacent to an activating group) is 1. The Hall–Kier alpha value is -1.39. The van der Waals surface area contributed by atoms with Gasteiger partial charge in [0.15, 0.2) is 0 Å². The number of amides is 1. The van der Waals surface area contributed by atoms with E-state index >= 15 is 0 Å². The van der Waals surface area contributed by atoms with Crippen LogP contribution in [0.2, 0.25) is 0 Å². The van der Waals surface area contributed by atoms with Gasteiger partial charge in [0.05, 0.1) is 12.6 Å². The molecule has 3 unspecified atom stereocenters. The van der Waals surface area contributed by atoms with E-state index in [0.29, 0.717) is 25.0 Å². The first-order chi connectivity index (χ1) is 10.0. The van der Waals surface area contributed by atoms with E-state index in [0.717, 1.165) is 13.0 Å². The summed E-state index contributed by atoms with van der Waals surface area (Å²) >= 11 is 0. The van der Waals surface area contributed by atoms with Crippen molar-refractivity contribution in [1.82, 2.24) is 9.80 Å². The quantitative estimate of drug-likeness (QED) is 0.900. The molecule has 0 bridgehead atoms. The molecular formula is C17H27N3O. The van der Waals surface area contributed by atoms with Crippen LogP contribution in [0.4, 0.5) is 0 Å². The number of nitrogens with zero attached hydrogens (tertiary/aromatic N) is 2. The van der Waals surface area contributed by atoms with E-state index in [2.05, 4.69) is 30.9 Å². The van der Waals surface area contributed by atoms with Gasteiger partial charge in [0.2, 0.25) is 5.91 Å². The molecule has 1 aromatic rings. The number of rotatable bonds is 5. The molecule has 2 rings (SSSR count). The van der Waals surface area contributed by atoms with Crippen molar-refractivity contribution in [3.8, 4) is 0 Å². The number of benzene rings is 1. The molecule has 1 aliphatic heterocycles. The maximum atomic E-state index is 12.5. The topological polar surface area (TPSA) is 49.6 Å². The van der Waals surface area contributed by atoms with Crippen LogP contribution in [0.15, 0.2) is 30.3 Å². The van der Waals surface area contributed by atoms with Crippen molar-refractivity contribution in [2.24, 2.45) is 11.7 Å². The zero-order valence-electron chi connectivity index (χ0n) is 13.3. The summed E-state index contributed by atoms with van der Waals surface area (Å²) in [5, 5.41) is 0.